The van der Waals surface area contributed by atoms with Gasteiger partial charge in [0.2, 0.25) is 0 Å². The zero-order chi connectivity index (χ0) is 16.1. The van der Waals surface area contributed by atoms with Crippen LogP contribution >= 0.6 is 0 Å². The first-order chi connectivity index (χ1) is 10.3. The van der Waals surface area contributed by atoms with E-state index in [2.05, 4.69) is 33.8 Å². The van der Waals surface area contributed by atoms with Gasteiger partial charge in [0.1, 0.15) is 11.8 Å². The minimum Gasteiger partial charge on any atom is -0.495 e. The molecule has 0 spiro atoms. The van der Waals surface area contributed by atoms with Crippen LogP contribution in [0.15, 0.2) is 18.2 Å². The van der Waals surface area contributed by atoms with Crippen molar-refractivity contribution in [2.75, 3.05) is 7.11 Å². The minimum atomic E-state index is -0.285. The highest BCUT2D eigenvalue weighted by molar-refractivity contribution is 6.49. The van der Waals surface area contributed by atoms with E-state index in [0.717, 1.165) is 6.42 Å². The zero-order valence-electron chi connectivity index (χ0n) is 13.8. The van der Waals surface area contributed by atoms with Crippen LogP contribution in [0.25, 0.3) is 0 Å². The van der Waals surface area contributed by atoms with Crippen molar-refractivity contribution in [3.63, 3.8) is 0 Å². The predicted octanol–water partition coefficient (Wildman–Crippen LogP) is 3.52. The topological polar surface area (TPSA) is 51.5 Å². The van der Waals surface area contributed by atoms with E-state index in [4.69, 9.17) is 19.3 Å². The van der Waals surface area contributed by atoms with Crippen molar-refractivity contribution < 1.29 is 14.0 Å². The van der Waals surface area contributed by atoms with Crippen LogP contribution in [0.1, 0.15) is 51.2 Å². The molecule has 22 heavy (non-hydrogen) atoms. The minimum absolute atomic E-state index is 0.156. The van der Waals surface area contributed by atoms with Gasteiger partial charge in [-0.25, -0.2) is 0 Å². The molecule has 0 aromatic heterocycles. The molecular weight excluding hydrogens is 277 g/mol. The van der Waals surface area contributed by atoms with E-state index in [1.807, 2.05) is 18.2 Å². The first kappa shape index (κ1) is 15.4. The van der Waals surface area contributed by atoms with Crippen LogP contribution in [0.5, 0.6) is 5.75 Å². The molecule has 2 fully saturated rings. The lowest BCUT2D eigenvalue weighted by atomic mass is 9.79. The summed E-state index contributed by atoms with van der Waals surface area (Å²) in [6.07, 6.45) is 1.05. The summed E-state index contributed by atoms with van der Waals surface area (Å²) in [4.78, 5) is 0. The molecule has 1 aromatic carbocycles. The number of rotatable bonds is 3. The molecule has 0 amide bonds. The number of nitriles is 1. The number of hydrogen-bond acceptors (Lipinski definition) is 4. The van der Waals surface area contributed by atoms with Gasteiger partial charge in [0, 0.05) is 5.82 Å². The Kier molecular flexibility index (Phi) is 3.50. The largest absolute Gasteiger partial charge is 0.495 e. The molecule has 1 aliphatic heterocycles. The van der Waals surface area contributed by atoms with Crippen LogP contribution in [-0.2, 0) is 9.31 Å². The number of methoxy groups -OCH3 is 1. The molecule has 0 N–H and O–H groups in total. The monoisotopic (exact) mass is 299 g/mol. The second kappa shape index (κ2) is 5.01. The number of hydrogen-bond donors (Lipinski definition) is 0. The molecule has 0 bridgehead atoms. The zero-order valence-corrected chi connectivity index (χ0v) is 13.8. The van der Waals surface area contributed by atoms with E-state index in [9.17, 15) is 0 Å². The first-order valence-corrected chi connectivity index (χ1v) is 7.73. The van der Waals surface area contributed by atoms with Crippen LogP contribution in [-0.4, -0.2) is 25.4 Å². The summed E-state index contributed by atoms with van der Waals surface area (Å²) in [7, 11) is 1.44. The Morgan fingerprint density at radius 2 is 1.86 bits per heavy atom. The van der Waals surface area contributed by atoms with E-state index < -0.39 is 0 Å². The summed E-state index contributed by atoms with van der Waals surface area (Å²) < 4.78 is 17.6. The Morgan fingerprint density at radius 3 is 2.41 bits per heavy atom. The predicted molar refractivity (Wildman–Crippen MR) is 84.9 cm³/mol. The Bertz CT molecular complexity index is 619. The van der Waals surface area contributed by atoms with Gasteiger partial charge in [-0.1, -0.05) is 6.07 Å². The van der Waals surface area contributed by atoms with Crippen molar-refractivity contribution in [2.45, 2.75) is 57.1 Å². The van der Waals surface area contributed by atoms with Gasteiger partial charge < -0.3 is 14.0 Å². The Morgan fingerprint density at radius 1 is 1.23 bits per heavy atom. The van der Waals surface area contributed by atoms with Crippen molar-refractivity contribution in [3.8, 4) is 11.8 Å². The smallest absolute Gasteiger partial charge is 0.461 e. The van der Waals surface area contributed by atoms with Gasteiger partial charge in [0.15, 0.2) is 0 Å². The number of nitrogens with zero attached hydrogens (tertiary/aromatic N) is 1. The lowest BCUT2D eigenvalue weighted by Crippen LogP contribution is -2.41. The summed E-state index contributed by atoms with van der Waals surface area (Å²) in [6, 6.07) is 7.95. The summed E-state index contributed by atoms with van der Waals surface area (Å²) in [5.74, 6) is 1.43. The Hall–Kier alpha value is -1.51. The molecule has 2 aliphatic rings. The lowest BCUT2D eigenvalue weighted by molar-refractivity contribution is 0.00578. The van der Waals surface area contributed by atoms with Crippen molar-refractivity contribution in [1.29, 1.82) is 5.26 Å². The van der Waals surface area contributed by atoms with Crippen molar-refractivity contribution in [3.05, 3.63) is 29.3 Å². The maximum atomic E-state index is 9.06. The van der Waals surface area contributed by atoms with E-state index >= 15 is 0 Å². The second-order valence-electron chi connectivity index (χ2n) is 7.20. The molecule has 0 radical (unpaired) electrons. The van der Waals surface area contributed by atoms with Crippen LogP contribution in [0.3, 0.4) is 0 Å². The van der Waals surface area contributed by atoms with Gasteiger partial charge in [0.05, 0.1) is 23.9 Å². The van der Waals surface area contributed by atoms with Crippen molar-refractivity contribution in [2.24, 2.45) is 0 Å². The Balaban J connectivity index is 1.75. The van der Waals surface area contributed by atoms with E-state index in [1.54, 1.807) is 7.11 Å². The fraction of sp³-hybridized carbons (Fsp3) is 0.588. The molecule has 2 atom stereocenters. The van der Waals surface area contributed by atoms with Crippen LogP contribution in [0.4, 0.5) is 0 Å². The van der Waals surface area contributed by atoms with E-state index in [0.29, 0.717) is 23.0 Å². The molecule has 1 heterocycles. The third-order valence-electron chi connectivity index (χ3n) is 5.24. The average Bonchev–Trinajstić information content (AvgIpc) is 3.21. The molecule has 3 rings (SSSR count). The van der Waals surface area contributed by atoms with Gasteiger partial charge >= 0.3 is 7.12 Å². The highest BCUT2D eigenvalue weighted by Crippen LogP contribution is 2.58. The summed E-state index contributed by atoms with van der Waals surface area (Å²) in [6.45, 7) is 8.31. The highest BCUT2D eigenvalue weighted by atomic mass is 16.7. The quantitative estimate of drug-likeness (QED) is 0.801. The average molecular weight is 299 g/mol. The highest BCUT2D eigenvalue weighted by Gasteiger charge is 2.59. The van der Waals surface area contributed by atoms with Crippen LogP contribution in [0, 0.1) is 11.3 Å². The van der Waals surface area contributed by atoms with Crippen LogP contribution < -0.4 is 4.74 Å². The van der Waals surface area contributed by atoms with Crippen molar-refractivity contribution in [1.82, 2.24) is 0 Å². The fourth-order valence-electron chi connectivity index (χ4n) is 2.99. The van der Waals surface area contributed by atoms with Gasteiger partial charge in [0.25, 0.3) is 0 Å². The van der Waals surface area contributed by atoms with E-state index in [1.165, 1.54) is 5.56 Å². The third kappa shape index (κ3) is 2.41. The number of ether oxygens (including phenoxy) is 1. The molecule has 2 unspecified atom stereocenters. The Labute approximate surface area is 132 Å². The fourth-order valence-corrected chi connectivity index (χ4v) is 2.99. The molecule has 116 valence electrons. The summed E-state index contributed by atoms with van der Waals surface area (Å²) in [5, 5.41) is 9.06. The normalized spacial score (nSPS) is 28.3. The number of benzene rings is 1. The molecule has 5 heteroatoms. The van der Waals surface area contributed by atoms with Gasteiger partial charge in [-0.15, -0.1) is 0 Å². The molecular formula is C17H22BNO3. The van der Waals surface area contributed by atoms with Gasteiger partial charge in [-0.2, -0.15) is 5.26 Å². The van der Waals surface area contributed by atoms with Crippen molar-refractivity contribution >= 4 is 7.12 Å². The maximum Gasteiger partial charge on any atom is 0.461 e. The SMILES string of the molecule is COc1cc(C2CC2B2OC(C)(C)C(C)(C)O2)ccc1C#N. The van der Waals surface area contributed by atoms with Crippen LogP contribution in [0.2, 0.25) is 5.82 Å². The summed E-state index contributed by atoms with van der Waals surface area (Å²) in [5.41, 5.74) is 1.19. The molecule has 4 nitrogen and oxygen atoms in total. The second-order valence-corrected chi connectivity index (χ2v) is 7.20. The molecule has 1 aliphatic carbocycles. The summed E-state index contributed by atoms with van der Waals surface area (Å²) >= 11 is 0. The first-order valence-electron chi connectivity index (χ1n) is 7.73. The van der Waals surface area contributed by atoms with Gasteiger partial charge in [-0.3, -0.25) is 0 Å². The van der Waals surface area contributed by atoms with E-state index in [-0.39, 0.29) is 18.3 Å². The molecule has 1 saturated heterocycles. The maximum absolute atomic E-state index is 9.06. The third-order valence-corrected chi connectivity index (χ3v) is 5.24. The molecule has 1 saturated carbocycles. The molecule has 1 aromatic rings. The standard InChI is InChI=1S/C17H22BNO3/c1-16(2)17(3,4)22-18(21-16)14-9-13(14)11-6-7-12(10-19)15(8-11)20-5/h6-8,13-14H,9H2,1-5H3. The van der Waals surface area contributed by atoms with Gasteiger partial charge in [-0.05, 0) is 57.7 Å². The lowest BCUT2D eigenvalue weighted by Gasteiger charge is -2.32.